The first-order chi connectivity index (χ1) is 11.6. The standard InChI is InChI=1S/C16H24ClN3O4S/c1-11-8-20(9-12(2)24-11)10-16(21)18-13-5-6-14(17)15(7-13)25(22,23)19(3)4/h5-7,11-12H,8-10H2,1-4H3,(H,18,21)/p+1/t11-,12-/m0/s1. The zero-order valence-corrected chi connectivity index (χ0v) is 16.4. The Morgan fingerprint density at radius 2 is 1.92 bits per heavy atom. The molecule has 25 heavy (non-hydrogen) atoms. The number of amides is 1. The Balaban J connectivity index is 2.09. The van der Waals surface area contributed by atoms with E-state index in [9.17, 15) is 13.2 Å². The summed E-state index contributed by atoms with van der Waals surface area (Å²) in [5.74, 6) is -0.174. The van der Waals surface area contributed by atoms with Crippen molar-refractivity contribution in [1.82, 2.24) is 4.31 Å². The molecule has 0 saturated carbocycles. The van der Waals surface area contributed by atoms with Crippen molar-refractivity contribution in [2.45, 2.75) is 31.0 Å². The number of halogens is 1. The van der Waals surface area contributed by atoms with Crippen LogP contribution in [0.1, 0.15) is 13.8 Å². The van der Waals surface area contributed by atoms with Crippen molar-refractivity contribution < 1.29 is 22.8 Å². The molecule has 1 saturated heterocycles. The fraction of sp³-hybridized carbons (Fsp3) is 0.562. The summed E-state index contributed by atoms with van der Waals surface area (Å²) in [6.07, 6.45) is 0.220. The summed E-state index contributed by atoms with van der Waals surface area (Å²) < 4.78 is 31.3. The van der Waals surface area contributed by atoms with Crippen LogP contribution in [0.5, 0.6) is 0 Å². The molecule has 2 N–H and O–H groups in total. The van der Waals surface area contributed by atoms with E-state index in [4.69, 9.17) is 16.3 Å². The molecule has 140 valence electrons. The van der Waals surface area contributed by atoms with Crippen molar-refractivity contribution in [3.05, 3.63) is 23.2 Å². The van der Waals surface area contributed by atoms with Crippen LogP contribution < -0.4 is 10.2 Å². The first kappa shape index (κ1) is 20.1. The van der Waals surface area contributed by atoms with Gasteiger partial charge in [-0.25, -0.2) is 12.7 Å². The van der Waals surface area contributed by atoms with E-state index in [1.54, 1.807) is 6.07 Å². The molecule has 1 aliphatic rings. The molecule has 1 aliphatic heterocycles. The van der Waals surface area contributed by atoms with Gasteiger partial charge < -0.3 is 15.0 Å². The van der Waals surface area contributed by atoms with E-state index in [-0.39, 0.29) is 28.0 Å². The lowest BCUT2D eigenvalue weighted by molar-refractivity contribution is -0.907. The van der Waals surface area contributed by atoms with Crippen LogP contribution in [0.15, 0.2) is 23.1 Å². The third kappa shape index (κ3) is 5.15. The predicted molar refractivity (Wildman–Crippen MR) is 96.5 cm³/mol. The molecular weight excluding hydrogens is 366 g/mol. The Bertz CT molecular complexity index is 729. The minimum Gasteiger partial charge on any atom is -0.364 e. The van der Waals surface area contributed by atoms with Crippen molar-refractivity contribution in [3.8, 4) is 0 Å². The van der Waals surface area contributed by atoms with Crippen LogP contribution in [0.2, 0.25) is 5.02 Å². The number of hydrogen-bond acceptors (Lipinski definition) is 4. The van der Waals surface area contributed by atoms with Gasteiger partial charge in [-0.3, -0.25) is 4.79 Å². The predicted octanol–water partition coefficient (Wildman–Crippen LogP) is 0.221. The molecule has 0 aliphatic carbocycles. The molecule has 2 atom stereocenters. The highest BCUT2D eigenvalue weighted by Crippen LogP contribution is 2.26. The fourth-order valence-corrected chi connectivity index (χ4v) is 4.34. The number of quaternary nitrogens is 1. The van der Waals surface area contributed by atoms with Gasteiger partial charge in [0.2, 0.25) is 10.0 Å². The summed E-state index contributed by atoms with van der Waals surface area (Å²) in [4.78, 5) is 13.4. The number of anilines is 1. The van der Waals surface area contributed by atoms with Gasteiger partial charge in [0, 0.05) is 19.8 Å². The monoisotopic (exact) mass is 390 g/mol. The fourth-order valence-electron chi connectivity index (χ4n) is 2.94. The maximum Gasteiger partial charge on any atom is 0.279 e. The van der Waals surface area contributed by atoms with Gasteiger partial charge in [-0.15, -0.1) is 0 Å². The van der Waals surface area contributed by atoms with Gasteiger partial charge in [-0.2, -0.15) is 0 Å². The Hall–Kier alpha value is -1.19. The van der Waals surface area contributed by atoms with E-state index in [1.165, 1.54) is 26.2 Å². The van der Waals surface area contributed by atoms with Crippen molar-refractivity contribution in [2.24, 2.45) is 0 Å². The second-order valence-corrected chi connectivity index (χ2v) is 9.10. The number of rotatable bonds is 5. The summed E-state index contributed by atoms with van der Waals surface area (Å²) in [5, 5.41) is 2.87. The minimum absolute atomic E-state index is 0.0297. The van der Waals surface area contributed by atoms with Crippen LogP contribution in [-0.2, 0) is 19.6 Å². The molecule has 7 nitrogen and oxygen atoms in total. The van der Waals surface area contributed by atoms with Gasteiger partial charge in [0.25, 0.3) is 5.91 Å². The van der Waals surface area contributed by atoms with E-state index < -0.39 is 10.0 Å². The van der Waals surface area contributed by atoms with Gasteiger partial charge in [-0.1, -0.05) is 11.6 Å². The second-order valence-electron chi connectivity index (χ2n) is 6.57. The average molecular weight is 391 g/mol. The smallest absolute Gasteiger partial charge is 0.279 e. The van der Waals surface area contributed by atoms with Gasteiger partial charge in [-0.05, 0) is 32.0 Å². The lowest BCUT2D eigenvalue weighted by Crippen LogP contribution is -3.16. The van der Waals surface area contributed by atoms with Crippen molar-refractivity contribution in [1.29, 1.82) is 0 Å². The number of carbonyl (C=O) groups is 1. The molecule has 0 aromatic heterocycles. The highest BCUT2D eigenvalue weighted by atomic mass is 35.5. The van der Waals surface area contributed by atoms with E-state index in [0.29, 0.717) is 12.2 Å². The van der Waals surface area contributed by atoms with Crippen LogP contribution in [0.4, 0.5) is 5.69 Å². The number of benzene rings is 1. The third-order valence-corrected chi connectivity index (χ3v) is 6.30. The van der Waals surface area contributed by atoms with E-state index in [0.717, 1.165) is 22.3 Å². The number of morpholine rings is 1. The highest BCUT2D eigenvalue weighted by molar-refractivity contribution is 7.89. The van der Waals surface area contributed by atoms with Crippen LogP contribution in [-0.4, -0.2) is 64.6 Å². The number of hydrogen-bond donors (Lipinski definition) is 2. The molecule has 1 fully saturated rings. The Morgan fingerprint density at radius 1 is 1.32 bits per heavy atom. The Labute approximate surface area is 153 Å². The van der Waals surface area contributed by atoms with Crippen molar-refractivity contribution in [3.63, 3.8) is 0 Å². The molecule has 1 aromatic carbocycles. The molecule has 0 unspecified atom stereocenters. The maximum absolute atomic E-state index is 12.3. The number of carbonyl (C=O) groups excluding carboxylic acids is 1. The van der Waals surface area contributed by atoms with Crippen molar-refractivity contribution in [2.75, 3.05) is 39.0 Å². The highest BCUT2D eigenvalue weighted by Gasteiger charge is 2.27. The normalized spacial score (nSPS) is 24.3. The van der Waals surface area contributed by atoms with Gasteiger partial charge >= 0.3 is 0 Å². The molecule has 0 bridgehead atoms. The molecule has 1 aromatic rings. The van der Waals surface area contributed by atoms with Crippen LogP contribution >= 0.6 is 11.6 Å². The number of nitrogens with one attached hydrogen (secondary N) is 2. The van der Waals surface area contributed by atoms with Crippen LogP contribution in [0.25, 0.3) is 0 Å². The van der Waals surface area contributed by atoms with Gasteiger partial charge in [0.1, 0.15) is 30.2 Å². The Kier molecular flexibility index (Phi) is 6.45. The minimum atomic E-state index is -3.68. The molecule has 1 heterocycles. The molecule has 1 amide bonds. The van der Waals surface area contributed by atoms with Crippen LogP contribution in [0.3, 0.4) is 0 Å². The molecule has 0 spiro atoms. The zero-order chi connectivity index (χ0) is 18.8. The SMILES string of the molecule is C[C@H]1C[NH+](CC(=O)Nc2ccc(Cl)c(S(=O)(=O)N(C)C)c2)C[C@H](C)O1. The summed E-state index contributed by atoms with van der Waals surface area (Å²) in [5.41, 5.74) is 0.406. The topological polar surface area (TPSA) is 80.2 Å². The summed E-state index contributed by atoms with van der Waals surface area (Å²) in [6.45, 7) is 5.81. The number of sulfonamides is 1. The summed E-state index contributed by atoms with van der Waals surface area (Å²) >= 11 is 6.01. The molecular formula is C16H25ClN3O4S+. The quantitative estimate of drug-likeness (QED) is 0.753. The number of nitrogens with zero attached hydrogens (tertiary/aromatic N) is 1. The van der Waals surface area contributed by atoms with E-state index >= 15 is 0 Å². The second kappa shape index (κ2) is 8.01. The van der Waals surface area contributed by atoms with E-state index in [1.807, 2.05) is 13.8 Å². The summed E-state index contributed by atoms with van der Waals surface area (Å²) in [7, 11) is -0.816. The Morgan fingerprint density at radius 3 is 2.48 bits per heavy atom. The first-order valence-corrected chi connectivity index (χ1v) is 9.92. The van der Waals surface area contributed by atoms with Gasteiger partial charge in [0.05, 0.1) is 5.02 Å². The lowest BCUT2D eigenvalue weighted by atomic mass is 10.2. The molecule has 9 heteroatoms. The lowest BCUT2D eigenvalue weighted by Gasteiger charge is -2.31. The maximum atomic E-state index is 12.3. The summed E-state index contributed by atoms with van der Waals surface area (Å²) in [6, 6.07) is 4.45. The largest absolute Gasteiger partial charge is 0.364 e. The average Bonchev–Trinajstić information content (AvgIpc) is 2.47. The van der Waals surface area contributed by atoms with Crippen molar-refractivity contribution >= 4 is 33.2 Å². The first-order valence-electron chi connectivity index (χ1n) is 8.10. The van der Waals surface area contributed by atoms with Crippen LogP contribution in [0, 0.1) is 0 Å². The molecule has 0 radical (unpaired) electrons. The van der Waals surface area contributed by atoms with Gasteiger partial charge in [0.15, 0.2) is 6.54 Å². The van der Waals surface area contributed by atoms with E-state index in [2.05, 4.69) is 5.32 Å². The zero-order valence-electron chi connectivity index (χ0n) is 14.9. The number of ether oxygens (including phenoxy) is 1. The third-order valence-electron chi connectivity index (χ3n) is 4.00. The molecule has 2 rings (SSSR count).